The average molecular weight is 396 g/mol. The van der Waals surface area contributed by atoms with Gasteiger partial charge in [0.2, 0.25) is 0 Å². The Morgan fingerprint density at radius 2 is 1.97 bits per heavy atom. The molecule has 1 aliphatic heterocycles. The van der Waals surface area contributed by atoms with E-state index in [1.54, 1.807) is 12.4 Å². The average Bonchev–Trinajstić information content (AvgIpc) is 3.12. The summed E-state index contributed by atoms with van der Waals surface area (Å²) in [6.45, 7) is 0.595. The largest absolute Gasteiger partial charge is 0.380 e. The molecular formula is C25H24N4O. The quantitative estimate of drug-likeness (QED) is 0.645. The van der Waals surface area contributed by atoms with E-state index in [2.05, 4.69) is 51.6 Å². The van der Waals surface area contributed by atoms with Crippen molar-refractivity contribution in [2.45, 2.75) is 31.8 Å². The predicted octanol–water partition coefficient (Wildman–Crippen LogP) is 4.88. The monoisotopic (exact) mass is 396 g/mol. The van der Waals surface area contributed by atoms with Crippen LogP contribution in [0.1, 0.15) is 40.7 Å². The first kappa shape index (κ1) is 18.4. The summed E-state index contributed by atoms with van der Waals surface area (Å²) in [5.41, 5.74) is 13.0. The lowest BCUT2D eigenvalue weighted by molar-refractivity contribution is 0.100. The molecule has 2 aliphatic rings. The van der Waals surface area contributed by atoms with Gasteiger partial charge in [-0.05, 0) is 66.8 Å². The van der Waals surface area contributed by atoms with Gasteiger partial charge in [0, 0.05) is 41.6 Å². The van der Waals surface area contributed by atoms with Crippen molar-refractivity contribution in [1.29, 1.82) is 0 Å². The Morgan fingerprint density at radius 3 is 2.80 bits per heavy atom. The topological polar surface area (TPSA) is 71.2 Å². The van der Waals surface area contributed by atoms with E-state index in [0.717, 1.165) is 29.8 Å². The molecule has 0 saturated heterocycles. The Labute approximate surface area is 176 Å². The lowest BCUT2D eigenvalue weighted by Gasteiger charge is -2.30. The molecule has 3 N–H and O–H groups in total. The van der Waals surface area contributed by atoms with Gasteiger partial charge in [0.1, 0.15) is 0 Å². The summed E-state index contributed by atoms with van der Waals surface area (Å²) in [7, 11) is 0. The van der Waals surface area contributed by atoms with Crippen LogP contribution in [0.2, 0.25) is 0 Å². The summed E-state index contributed by atoms with van der Waals surface area (Å²) in [6, 6.07) is 18.7. The van der Waals surface area contributed by atoms with E-state index in [4.69, 9.17) is 5.73 Å². The second-order valence-electron chi connectivity index (χ2n) is 7.80. The highest BCUT2D eigenvalue weighted by Gasteiger charge is 2.35. The maximum atomic E-state index is 12.0. The van der Waals surface area contributed by atoms with Crippen molar-refractivity contribution in [3.63, 3.8) is 0 Å². The van der Waals surface area contributed by atoms with Crippen molar-refractivity contribution in [2.24, 2.45) is 5.73 Å². The van der Waals surface area contributed by atoms with Gasteiger partial charge in [-0.1, -0.05) is 24.3 Å². The zero-order valence-electron chi connectivity index (χ0n) is 16.7. The lowest BCUT2D eigenvalue weighted by Crippen LogP contribution is -2.28. The summed E-state index contributed by atoms with van der Waals surface area (Å²) >= 11 is 0. The number of hydrogen-bond donors (Lipinski definition) is 2. The number of pyridine rings is 1. The van der Waals surface area contributed by atoms with Crippen LogP contribution in [0, 0.1) is 0 Å². The number of primary amides is 1. The van der Waals surface area contributed by atoms with E-state index in [9.17, 15) is 4.79 Å². The smallest absolute Gasteiger partial charge is 0.250 e. The fraction of sp³-hybridized carbons (Fsp3) is 0.200. The van der Waals surface area contributed by atoms with Gasteiger partial charge in [-0.25, -0.2) is 0 Å². The number of hydrogen-bond acceptors (Lipinski definition) is 4. The van der Waals surface area contributed by atoms with Crippen molar-refractivity contribution < 1.29 is 4.79 Å². The molecule has 0 fully saturated rings. The van der Waals surface area contributed by atoms with E-state index in [0.29, 0.717) is 18.2 Å². The van der Waals surface area contributed by atoms with Crippen molar-refractivity contribution in [2.75, 3.05) is 10.2 Å². The van der Waals surface area contributed by atoms with Crippen LogP contribution in [-0.4, -0.2) is 16.9 Å². The second kappa shape index (κ2) is 7.67. The van der Waals surface area contributed by atoms with Crippen LogP contribution in [-0.2, 0) is 6.54 Å². The minimum atomic E-state index is -0.432. The molecule has 1 atom stereocenters. The van der Waals surface area contributed by atoms with E-state index < -0.39 is 5.91 Å². The van der Waals surface area contributed by atoms with Gasteiger partial charge in [0.25, 0.3) is 5.91 Å². The highest BCUT2D eigenvalue weighted by molar-refractivity contribution is 6.00. The minimum Gasteiger partial charge on any atom is -0.380 e. The lowest BCUT2D eigenvalue weighted by atomic mass is 9.92. The van der Waals surface area contributed by atoms with E-state index in [1.807, 2.05) is 24.3 Å². The number of allylic oxidation sites excluding steroid dienone is 1. The van der Waals surface area contributed by atoms with Gasteiger partial charge >= 0.3 is 0 Å². The minimum absolute atomic E-state index is 0.337. The van der Waals surface area contributed by atoms with Crippen LogP contribution in [0.25, 0.3) is 5.57 Å². The molecule has 1 aliphatic carbocycles. The third-order valence-corrected chi connectivity index (χ3v) is 5.97. The Hall–Kier alpha value is -3.60. The Kier molecular flexibility index (Phi) is 4.71. The van der Waals surface area contributed by atoms with Crippen LogP contribution < -0.4 is 16.0 Å². The van der Waals surface area contributed by atoms with E-state index >= 15 is 0 Å². The maximum Gasteiger partial charge on any atom is 0.250 e. The molecule has 5 nitrogen and oxygen atoms in total. The molecule has 150 valence electrons. The van der Waals surface area contributed by atoms with Crippen LogP contribution >= 0.6 is 0 Å². The summed E-state index contributed by atoms with van der Waals surface area (Å²) in [6.07, 6.45) is 9.35. The Bertz CT molecular complexity index is 1120. The fourth-order valence-corrected chi connectivity index (χ4v) is 4.57. The normalized spacial score (nSPS) is 17.1. The molecule has 3 aromatic rings. The highest BCUT2D eigenvalue weighted by Crippen LogP contribution is 2.48. The number of aromatic nitrogens is 1. The number of benzene rings is 2. The molecule has 1 aromatic heterocycles. The number of anilines is 3. The molecule has 1 unspecified atom stereocenters. The van der Waals surface area contributed by atoms with Crippen LogP contribution in [0.3, 0.4) is 0 Å². The second-order valence-corrected chi connectivity index (χ2v) is 7.80. The number of carbonyl (C=O) groups is 1. The number of rotatable bonds is 5. The predicted molar refractivity (Wildman–Crippen MR) is 121 cm³/mol. The van der Waals surface area contributed by atoms with Gasteiger partial charge in [0.05, 0.1) is 11.6 Å². The van der Waals surface area contributed by atoms with Crippen molar-refractivity contribution >= 4 is 28.5 Å². The summed E-state index contributed by atoms with van der Waals surface area (Å²) in [5.74, 6) is -0.432. The van der Waals surface area contributed by atoms with Gasteiger partial charge < -0.3 is 16.0 Å². The SMILES string of the molecule is NC(=O)c1ccc(N2c3ccccc3C3=CCCCC32)cc1NCc1ccncc1. The Morgan fingerprint density at radius 1 is 1.13 bits per heavy atom. The third kappa shape index (κ3) is 3.22. The van der Waals surface area contributed by atoms with Crippen molar-refractivity contribution in [3.8, 4) is 0 Å². The van der Waals surface area contributed by atoms with Gasteiger partial charge in [-0.3, -0.25) is 9.78 Å². The number of nitrogens with zero attached hydrogens (tertiary/aromatic N) is 2. The molecule has 2 aromatic carbocycles. The van der Waals surface area contributed by atoms with Crippen LogP contribution in [0.5, 0.6) is 0 Å². The summed E-state index contributed by atoms with van der Waals surface area (Å²) in [5, 5.41) is 3.40. The molecule has 1 amide bonds. The molecule has 0 bridgehead atoms. The number of para-hydroxylation sites is 1. The first-order valence-corrected chi connectivity index (χ1v) is 10.4. The van der Waals surface area contributed by atoms with Crippen molar-refractivity contribution in [1.82, 2.24) is 4.98 Å². The van der Waals surface area contributed by atoms with Gasteiger partial charge in [0.15, 0.2) is 0 Å². The fourth-order valence-electron chi connectivity index (χ4n) is 4.57. The van der Waals surface area contributed by atoms with Gasteiger partial charge in [-0.2, -0.15) is 0 Å². The van der Waals surface area contributed by atoms with Crippen LogP contribution in [0.4, 0.5) is 17.1 Å². The molecule has 2 heterocycles. The number of fused-ring (bicyclic) bond motifs is 3. The third-order valence-electron chi connectivity index (χ3n) is 5.97. The molecule has 0 spiro atoms. The first-order chi connectivity index (χ1) is 14.7. The molecule has 0 saturated carbocycles. The molecule has 5 rings (SSSR count). The highest BCUT2D eigenvalue weighted by atomic mass is 16.1. The zero-order valence-corrected chi connectivity index (χ0v) is 16.7. The molecule has 5 heteroatoms. The number of nitrogens with one attached hydrogen (secondary N) is 1. The summed E-state index contributed by atoms with van der Waals surface area (Å²) in [4.78, 5) is 18.5. The van der Waals surface area contributed by atoms with E-state index in [-0.39, 0.29) is 0 Å². The van der Waals surface area contributed by atoms with Crippen molar-refractivity contribution in [3.05, 3.63) is 89.8 Å². The first-order valence-electron chi connectivity index (χ1n) is 10.4. The zero-order chi connectivity index (χ0) is 20.5. The number of nitrogens with two attached hydrogens (primary N) is 1. The number of carbonyl (C=O) groups excluding carboxylic acids is 1. The molecular weight excluding hydrogens is 372 g/mol. The Balaban J connectivity index is 1.54. The van der Waals surface area contributed by atoms with E-state index in [1.165, 1.54) is 23.2 Å². The standard InChI is InChI=1S/C25H24N4O/c26-25(30)21-10-9-18(15-22(21)28-16-17-11-13-27-14-12-17)29-23-7-3-1-5-19(23)20-6-2-4-8-24(20)29/h1,3,5-7,9-15,24,28H,2,4,8,16H2,(H2,26,30). The molecule has 0 radical (unpaired) electrons. The number of amides is 1. The summed E-state index contributed by atoms with van der Waals surface area (Å²) < 4.78 is 0. The molecule has 30 heavy (non-hydrogen) atoms. The maximum absolute atomic E-state index is 12.0. The van der Waals surface area contributed by atoms with Crippen LogP contribution in [0.15, 0.2) is 73.1 Å². The van der Waals surface area contributed by atoms with Gasteiger partial charge in [-0.15, -0.1) is 0 Å².